The second-order valence-corrected chi connectivity index (χ2v) is 7.40. The van der Waals surface area contributed by atoms with E-state index in [0.717, 1.165) is 11.3 Å². The molecule has 1 heterocycles. The summed E-state index contributed by atoms with van der Waals surface area (Å²) in [6.45, 7) is 1.65. The number of carbonyl (C=O) groups excluding carboxylic acids is 1. The molecule has 26 heavy (non-hydrogen) atoms. The maximum Gasteiger partial charge on any atom is 0.238 e. The van der Waals surface area contributed by atoms with Gasteiger partial charge in [0.25, 0.3) is 0 Å². The van der Waals surface area contributed by atoms with Crippen LogP contribution in [-0.2, 0) is 21.2 Å². The van der Waals surface area contributed by atoms with Gasteiger partial charge in [0.15, 0.2) is 0 Å². The van der Waals surface area contributed by atoms with Crippen LogP contribution in [0.3, 0.4) is 0 Å². The van der Waals surface area contributed by atoms with Crippen molar-refractivity contribution < 1.29 is 13.2 Å². The largest absolute Gasteiger partial charge is 0.326 e. The Hall–Kier alpha value is -2.97. The monoisotopic (exact) mass is 370 g/mol. The minimum absolute atomic E-state index is 0.00104. The number of benzene rings is 2. The molecule has 134 valence electrons. The van der Waals surface area contributed by atoms with Gasteiger partial charge >= 0.3 is 0 Å². The standard InChI is InChI=1S/C18H18N4O3S/c1-13-3-6-15(12-17(13)26(19,24)25)21-18(23)11-14-4-7-16(8-5-14)22-10-2-9-20-22/h2-10,12H,11H2,1H3,(H,21,23)(H2,19,24,25). The Kier molecular flexibility index (Phi) is 4.88. The third-order valence-electron chi connectivity index (χ3n) is 3.85. The quantitative estimate of drug-likeness (QED) is 0.716. The molecule has 2 aromatic carbocycles. The summed E-state index contributed by atoms with van der Waals surface area (Å²) in [6, 6.07) is 13.9. The number of hydrogen-bond donors (Lipinski definition) is 2. The molecule has 7 nitrogen and oxygen atoms in total. The zero-order valence-electron chi connectivity index (χ0n) is 14.1. The molecule has 0 saturated carbocycles. The molecular weight excluding hydrogens is 352 g/mol. The average Bonchev–Trinajstić information content (AvgIpc) is 3.11. The van der Waals surface area contributed by atoms with E-state index in [1.165, 1.54) is 6.07 Å². The molecule has 0 bridgehead atoms. The van der Waals surface area contributed by atoms with Gasteiger partial charge in [0.1, 0.15) is 0 Å². The lowest BCUT2D eigenvalue weighted by Gasteiger charge is -2.09. The first-order valence-electron chi connectivity index (χ1n) is 7.85. The lowest BCUT2D eigenvalue weighted by Crippen LogP contribution is -2.17. The van der Waals surface area contributed by atoms with E-state index in [0.29, 0.717) is 11.3 Å². The predicted octanol–water partition coefficient (Wildman–Crippen LogP) is 2.01. The van der Waals surface area contributed by atoms with Gasteiger partial charge in [0.2, 0.25) is 15.9 Å². The third-order valence-corrected chi connectivity index (χ3v) is 4.90. The van der Waals surface area contributed by atoms with Crippen LogP contribution in [0.1, 0.15) is 11.1 Å². The molecule has 0 atom stereocenters. The summed E-state index contributed by atoms with van der Waals surface area (Å²) in [6.07, 6.45) is 3.69. The maximum absolute atomic E-state index is 12.2. The molecule has 0 spiro atoms. The van der Waals surface area contributed by atoms with Crippen LogP contribution in [0.15, 0.2) is 65.8 Å². The van der Waals surface area contributed by atoms with Gasteiger partial charge in [-0.3, -0.25) is 4.79 Å². The third kappa shape index (κ3) is 4.16. The van der Waals surface area contributed by atoms with E-state index in [2.05, 4.69) is 10.4 Å². The molecule has 3 rings (SSSR count). The Bertz CT molecular complexity index is 1030. The zero-order chi connectivity index (χ0) is 18.7. The van der Waals surface area contributed by atoms with Gasteiger partial charge in [-0.1, -0.05) is 18.2 Å². The van der Waals surface area contributed by atoms with Gasteiger partial charge in [-0.25, -0.2) is 18.2 Å². The van der Waals surface area contributed by atoms with Crippen molar-refractivity contribution in [3.8, 4) is 5.69 Å². The summed E-state index contributed by atoms with van der Waals surface area (Å²) in [5.41, 5.74) is 2.64. The number of rotatable bonds is 5. The van der Waals surface area contributed by atoms with E-state index < -0.39 is 10.0 Å². The molecular formula is C18H18N4O3S. The molecule has 0 aliphatic rings. The van der Waals surface area contributed by atoms with Crippen molar-refractivity contribution in [3.05, 3.63) is 72.1 Å². The lowest BCUT2D eigenvalue weighted by molar-refractivity contribution is -0.115. The highest BCUT2D eigenvalue weighted by molar-refractivity contribution is 7.89. The Labute approximate surface area is 151 Å². The van der Waals surface area contributed by atoms with E-state index in [4.69, 9.17) is 5.14 Å². The topological polar surface area (TPSA) is 107 Å². The average molecular weight is 370 g/mol. The molecule has 1 aromatic heterocycles. The number of aryl methyl sites for hydroxylation is 1. The minimum atomic E-state index is -3.84. The number of amides is 1. The molecule has 0 fully saturated rings. The smallest absolute Gasteiger partial charge is 0.238 e. The summed E-state index contributed by atoms with van der Waals surface area (Å²) in [5.74, 6) is -0.249. The minimum Gasteiger partial charge on any atom is -0.326 e. The Balaban J connectivity index is 1.69. The number of sulfonamides is 1. The number of nitrogens with zero attached hydrogens (tertiary/aromatic N) is 2. The molecule has 3 aromatic rings. The maximum atomic E-state index is 12.2. The number of nitrogens with one attached hydrogen (secondary N) is 1. The highest BCUT2D eigenvalue weighted by Gasteiger charge is 2.13. The first-order valence-corrected chi connectivity index (χ1v) is 9.40. The fourth-order valence-corrected chi connectivity index (χ4v) is 3.37. The molecule has 0 aliphatic heterocycles. The summed E-state index contributed by atoms with van der Waals surface area (Å²) in [4.78, 5) is 12.2. The SMILES string of the molecule is Cc1ccc(NC(=O)Cc2ccc(-n3cccn3)cc2)cc1S(N)(=O)=O. The highest BCUT2D eigenvalue weighted by Crippen LogP contribution is 2.19. The van der Waals surface area contributed by atoms with E-state index in [-0.39, 0.29) is 17.2 Å². The van der Waals surface area contributed by atoms with Gasteiger partial charge in [0, 0.05) is 18.1 Å². The van der Waals surface area contributed by atoms with Crippen molar-refractivity contribution in [2.45, 2.75) is 18.2 Å². The molecule has 3 N–H and O–H groups in total. The van der Waals surface area contributed by atoms with Crippen LogP contribution in [0.2, 0.25) is 0 Å². The van der Waals surface area contributed by atoms with E-state index in [1.807, 2.05) is 36.5 Å². The van der Waals surface area contributed by atoms with Crippen LogP contribution < -0.4 is 10.5 Å². The Morgan fingerprint density at radius 3 is 2.54 bits per heavy atom. The van der Waals surface area contributed by atoms with Crippen molar-refractivity contribution in [3.63, 3.8) is 0 Å². The summed E-state index contributed by atoms with van der Waals surface area (Å²) < 4.78 is 24.9. The van der Waals surface area contributed by atoms with Crippen LogP contribution >= 0.6 is 0 Å². The number of hydrogen-bond acceptors (Lipinski definition) is 4. The Morgan fingerprint density at radius 2 is 1.92 bits per heavy atom. The van der Waals surface area contributed by atoms with Gasteiger partial charge in [0.05, 0.1) is 17.0 Å². The first-order chi connectivity index (χ1) is 12.3. The molecule has 0 aliphatic carbocycles. The van der Waals surface area contributed by atoms with Crippen LogP contribution in [0, 0.1) is 6.92 Å². The zero-order valence-corrected chi connectivity index (χ0v) is 14.9. The predicted molar refractivity (Wildman–Crippen MR) is 98.4 cm³/mol. The van der Waals surface area contributed by atoms with Crippen molar-refractivity contribution in [2.24, 2.45) is 5.14 Å². The number of anilines is 1. The number of primary sulfonamides is 1. The second-order valence-electron chi connectivity index (χ2n) is 5.87. The number of carbonyl (C=O) groups is 1. The summed E-state index contributed by atoms with van der Waals surface area (Å²) >= 11 is 0. The number of nitrogens with two attached hydrogens (primary N) is 1. The molecule has 0 saturated heterocycles. The second kappa shape index (κ2) is 7.11. The lowest BCUT2D eigenvalue weighted by atomic mass is 10.1. The Morgan fingerprint density at radius 1 is 1.19 bits per heavy atom. The van der Waals surface area contributed by atoms with Crippen LogP contribution in [0.4, 0.5) is 5.69 Å². The van der Waals surface area contributed by atoms with E-state index >= 15 is 0 Å². The summed E-state index contributed by atoms with van der Waals surface area (Å²) in [7, 11) is -3.84. The fraction of sp³-hybridized carbons (Fsp3) is 0.111. The van der Waals surface area contributed by atoms with Crippen molar-refractivity contribution >= 4 is 21.6 Å². The van der Waals surface area contributed by atoms with Crippen LogP contribution in [0.5, 0.6) is 0 Å². The highest BCUT2D eigenvalue weighted by atomic mass is 32.2. The first kappa shape index (κ1) is 17.8. The van der Waals surface area contributed by atoms with Crippen LogP contribution in [-0.4, -0.2) is 24.1 Å². The molecule has 0 radical (unpaired) electrons. The van der Waals surface area contributed by atoms with Crippen molar-refractivity contribution in [2.75, 3.05) is 5.32 Å². The number of aromatic nitrogens is 2. The van der Waals surface area contributed by atoms with E-state index in [1.54, 1.807) is 29.9 Å². The van der Waals surface area contributed by atoms with Gasteiger partial charge in [-0.2, -0.15) is 5.10 Å². The molecule has 8 heteroatoms. The van der Waals surface area contributed by atoms with Crippen LogP contribution in [0.25, 0.3) is 5.69 Å². The normalized spacial score (nSPS) is 11.3. The fourth-order valence-electron chi connectivity index (χ4n) is 2.56. The molecule has 0 unspecified atom stereocenters. The van der Waals surface area contributed by atoms with Gasteiger partial charge in [-0.15, -0.1) is 0 Å². The van der Waals surface area contributed by atoms with Gasteiger partial charge < -0.3 is 5.32 Å². The summed E-state index contributed by atoms with van der Waals surface area (Å²) in [5, 5.41) is 12.0. The van der Waals surface area contributed by atoms with Crippen molar-refractivity contribution in [1.82, 2.24) is 9.78 Å². The van der Waals surface area contributed by atoms with Gasteiger partial charge in [-0.05, 0) is 48.4 Å². The van der Waals surface area contributed by atoms with Crippen molar-refractivity contribution in [1.29, 1.82) is 0 Å². The van der Waals surface area contributed by atoms with E-state index in [9.17, 15) is 13.2 Å². The molecule has 1 amide bonds.